The number of nitrogen functional groups attached to an aromatic ring is 2. The van der Waals surface area contributed by atoms with Crippen LogP contribution in [0, 0.1) is 5.92 Å². The molecule has 2 rings (SSSR count). The Morgan fingerprint density at radius 1 is 1.32 bits per heavy atom. The molecule has 102 valence electrons. The Labute approximate surface area is 111 Å². The first-order valence-corrected chi connectivity index (χ1v) is 6.15. The molecule has 0 aromatic heterocycles. The molecule has 1 aromatic rings. The van der Waals surface area contributed by atoms with Gasteiger partial charge in [0.2, 0.25) is 0 Å². The summed E-state index contributed by atoms with van der Waals surface area (Å²) < 4.78 is 4.89. The lowest BCUT2D eigenvalue weighted by Crippen LogP contribution is -2.30. The quantitative estimate of drug-likeness (QED) is 0.530. The lowest BCUT2D eigenvalue weighted by molar-refractivity contribution is -0.124. The number of carbonyl (C=O) groups excluding carboxylic acids is 2. The second-order valence-corrected chi connectivity index (χ2v) is 4.67. The van der Waals surface area contributed by atoms with E-state index >= 15 is 0 Å². The van der Waals surface area contributed by atoms with Crippen molar-refractivity contribution in [1.29, 1.82) is 0 Å². The lowest BCUT2D eigenvalue weighted by Gasteiger charge is -2.08. The molecule has 1 saturated carbocycles. The SMILES string of the molecule is Nc1ccc(C(=O)OCC(=O)NCC2CC2)c(N)c1. The van der Waals surface area contributed by atoms with Gasteiger partial charge in [0, 0.05) is 17.9 Å². The summed E-state index contributed by atoms with van der Waals surface area (Å²) >= 11 is 0. The van der Waals surface area contributed by atoms with Gasteiger partial charge in [-0.1, -0.05) is 0 Å². The van der Waals surface area contributed by atoms with Crippen LogP contribution < -0.4 is 16.8 Å². The van der Waals surface area contributed by atoms with Crippen LogP contribution in [0.4, 0.5) is 11.4 Å². The van der Waals surface area contributed by atoms with Crippen molar-refractivity contribution in [2.75, 3.05) is 24.6 Å². The van der Waals surface area contributed by atoms with Crippen LogP contribution in [0.2, 0.25) is 0 Å². The summed E-state index contributed by atoms with van der Waals surface area (Å²) in [6.45, 7) is 0.357. The third-order valence-electron chi connectivity index (χ3n) is 2.91. The standard InChI is InChI=1S/C13H17N3O3/c14-9-3-4-10(11(15)5-9)13(18)19-7-12(17)16-6-8-1-2-8/h3-5,8H,1-2,6-7,14-15H2,(H,16,17). The van der Waals surface area contributed by atoms with E-state index in [1.54, 1.807) is 6.07 Å². The van der Waals surface area contributed by atoms with Gasteiger partial charge in [-0.05, 0) is 37.0 Å². The molecule has 1 amide bonds. The first kappa shape index (κ1) is 13.2. The van der Waals surface area contributed by atoms with E-state index in [2.05, 4.69) is 5.32 Å². The first-order chi connectivity index (χ1) is 9.06. The van der Waals surface area contributed by atoms with Crippen molar-refractivity contribution >= 4 is 23.3 Å². The van der Waals surface area contributed by atoms with Gasteiger partial charge in [-0.2, -0.15) is 0 Å². The molecule has 0 saturated heterocycles. The largest absolute Gasteiger partial charge is 0.452 e. The summed E-state index contributed by atoms with van der Waals surface area (Å²) in [5.41, 5.74) is 12.1. The van der Waals surface area contributed by atoms with E-state index in [1.807, 2.05) is 0 Å². The van der Waals surface area contributed by atoms with Crippen molar-refractivity contribution in [3.63, 3.8) is 0 Å². The van der Waals surface area contributed by atoms with E-state index in [4.69, 9.17) is 16.2 Å². The van der Waals surface area contributed by atoms with Crippen molar-refractivity contribution in [3.8, 4) is 0 Å². The van der Waals surface area contributed by atoms with Crippen LogP contribution in [-0.2, 0) is 9.53 Å². The van der Waals surface area contributed by atoms with E-state index in [0.29, 0.717) is 18.2 Å². The smallest absolute Gasteiger partial charge is 0.340 e. The second-order valence-electron chi connectivity index (χ2n) is 4.67. The molecule has 1 aliphatic rings. The summed E-state index contributed by atoms with van der Waals surface area (Å²) in [5, 5.41) is 2.71. The molecule has 0 spiro atoms. The zero-order chi connectivity index (χ0) is 13.8. The van der Waals surface area contributed by atoms with Gasteiger partial charge in [0.25, 0.3) is 5.91 Å². The number of benzene rings is 1. The van der Waals surface area contributed by atoms with Crippen LogP contribution in [0.15, 0.2) is 18.2 Å². The summed E-state index contributed by atoms with van der Waals surface area (Å²) in [4.78, 5) is 23.1. The van der Waals surface area contributed by atoms with E-state index in [-0.39, 0.29) is 23.8 Å². The predicted molar refractivity (Wildman–Crippen MR) is 71.3 cm³/mol. The fraction of sp³-hybridized carbons (Fsp3) is 0.385. The molecule has 19 heavy (non-hydrogen) atoms. The Morgan fingerprint density at radius 3 is 2.68 bits per heavy atom. The Balaban J connectivity index is 1.81. The van der Waals surface area contributed by atoms with Gasteiger partial charge in [0.1, 0.15) is 0 Å². The highest BCUT2D eigenvalue weighted by Crippen LogP contribution is 2.27. The van der Waals surface area contributed by atoms with Crippen molar-refractivity contribution in [2.24, 2.45) is 5.92 Å². The summed E-state index contributed by atoms with van der Waals surface area (Å²) in [6.07, 6.45) is 2.31. The van der Waals surface area contributed by atoms with E-state index < -0.39 is 5.97 Å². The van der Waals surface area contributed by atoms with Gasteiger partial charge in [-0.3, -0.25) is 4.79 Å². The van der Waals surface area contributed by atoms with Crippen molar-refractivity contribution < 1.29 is 14.3 Å². The maximum atomic E-state index is 11.7. The minimum absolute atomic E-state index is 0.212. The molecule has 0 unspecified atom stereocenters. The van der Waals surface area contributed by atoms with Crippen molar-refractivity contribution in [3.05, 3.63) is 23.8 Å². The monoisotopic (exact) mass is 263 g/mol. The molecular formula is C13H17N3O3. The molecular weight excluding hydrogens is 246 g/mol. The number of hydrogen-bond donors (Lipinski definition) is 3. The van der Waals surface area contributed by atoms with Gasteiger partial charge >= 0.3 is 5.97 Å². The molecule has 5 N–H and O–H groups in total. The highest BCUT2D eigenvalue weighted by atomic mass is 16.5. The molecule has 6 nitrogen and oxygen atoms in total. The number of ether oxygens (including phenoxy) is 1. The third-order valence-corrected chi connectivity index (χ3v) is 2.91. The average Bonchev–Trinajstić information content (AvgIpc) is 3.17. The van der Waals surface area contributed by atoms with Crippen LogP contribution in [0.3, 0.4) is 0 Å². The topological polar surface area (TPSA) is 107 Å². The molecule has 0 bridgehead atoms. The molecule has 1 fully saturated rings. The molecule has 1 aliphatic carbocycles. The minimum Gasteiger partial charge on any atom is -0.452 e. The highest BCUT2D eigenvalue weighted by Gasteiger charge is 2.22. The number of rotatable bonds is 5. The fourth-order valence-corrected chi connectivity index (χ4v) is 1.61. The van der Waals surface area contributed by atoms with Gasteiger partial charge in [0.15, 0.2) is 6.61 Å². The van der Waals surface area contributed by atoms with E-state index in [1.165, 1.54) is 12.1 Å². The first-order valence-electron chi connectivity index (χ1n) is 6.15. The molecule has 0 atom stereocenters. The number of esters is 1. The number of amides is 1. The molecule has 6 heteroatoms. The Morgan fingerprint density at radius 2 is 2.05 bits per heavy atom. The molecule has 0 aliphatic heterocycles. The van der Waals surface area contributed by atoms with Gasteiger partial charge in [-0.25, -0.2) is 4.79 Å². The fourth-order valence-electron chi connectivity index (χ4n) is 1.61. The number of anilines is 2. The van der Waals surface area contributed by atoms with Crippen LogP contribution in [0.5, 0.6) is 0 Å². The van der Waals surface area contributed by atoms with E-state index in [9.17, 15) is 9.59 Å². The van der Waals surface area contributed by atoms with Crippen molar-refractivity contribution in [1.82, 2.24) is 5.32 Å². The van der Waals surface area contributed by atoms with Crippen LogP contribution >= 0.6 is 0 Å². The highest BCUT2D eigenvalue weighted by molar-refractivity contribution is 5.96. The van der Waals surface area contributed by atoms with E-state index in [0.717, 1.165) is 12.8 Å². The predicted octanol–water partition coefficient (Wildman–Crippen LogP) is 0.534. The summed E-state index contributed by atoms with van der Waals surface area (Å²) in [5.74, 6) is -0.333. The zero-order valence-electron chi connectivity index (χ0n) is 10.5. The van der Waals surface area contributed by atoms with Gasteiger partial charge in [0.05, 0.1) is 5.56 Å². The normalized spacial score (nSPS) is 13.9. The van der Waals surface area contributed by atoms with Crippen LogP contribution in [-0.4, -0.2) is 25.0 Å². The van der Waals surface area contributed by atoms with Crippen molar-refractivity contribution in [2.45, 2.75) is 12.8 Å². The molecule has 1 aromatic carbocycles. The Bertz CT molecular complexity index is 498. The minimum atomic E-state index is -0.626. The second kappa shape index (κ2) is 5.60. The third kappa shape index (κ3) is 3.87. The average molecular weight is 263 g/mol. The Hall–Kier alpha value is -2.24. The Kier molecular flexibility index (Phi) is 3.89. The maximum absolute atomic E-state index is 11.7. The molecule has 0 radical (unpaired) electrons. The summed E-state index contributed by atoms with van der Waals surface area (Å²) in [6, 6.07) is 4.51. The van der Waals surface area contributed by atoms with Gasteiger partial charge < -0.3 is 21.5 Å². The zero-order valence-corrected chi connectivity index (χ0v) is 10.5. The van der Waals surface area contributed by atoms with Crippen LogP contribution in [0.25, 0.3) is 0 Å². The number of nitrogens with one attached hydrogen (secondary N) is 1. The number of nitrogens with two attached hydrogens (primary N) is 2. The molecule has 0 heterocycles. The summed E-state index contributed by atoms with van der Waals surface area (Å²) in [7, 11) is 0. The van der Waals surface area contributed by atoms with Gasteiger partial charge in [-0.15, -0.1) is 0 Å². The number of carbonyl (C=O) groups is 2. The van der Waals surface area contributed by atoms with Crippen LogP contribution in [0.1, 0.15) is 23.2 Å². The maximum Gasteiger partial charge on any atom is 0.340 e. The number of hydrogen-bond acceptors (Lipinski definition) is 5. The lowest BCUT2D eigenvalue weighted by atomic mass is 10.1.